The van der Waals surface area contributed by atoms with Crippen LogP contribution >= 0.6 is 11.6 Å². The van der Waals surface area contributed by atoms with Crippen LogP contribution in [0.15, 0.2) is 54.6 Å². The van der Waals surface area contributed by atoms with Gasteiger partial charge in [0.15, 0.2) is 0 Å². The zero-order chi connectivity index (χ0) is 18.6. The summed E-state index contributed by atoms with van der Waals surface area (Å²) in [6.07, 6.45) is 6.94. The molecule has 0 aliphatic heterocycles. The predicted molar refractivity (Wildman–Crippen MR) is 109 cm³/mol. The molecule has 0 atom stereocenters. The molecule has 0 aromatic heterocycles. The lowest BCUT2D eigenvalue weighted by atomic mass is 9.87. The number of ether oxygens (including phenoxy) is 1. The first-order valence-corrected chi connectivity index (χ1v) is 9.78. The number of anilines is 1. The van der Waals surface area contributed by atoms with Crippen molar-refractivity contribution in [3.63, 3.8) is 0 Å². The fourth-order valence-electron chi connectivity index (χ4n) is 3.08. The summed E-state index contributed by atoms with van der Waals surface area (Å²) < 4.78 is 5.21. The summed E-state index contributed by atoms with van der Waals surface area (Å²) in [7, 11) is 0. The monoisotopic (exact) mass is 373 g/mol. The molecular weight excluding hydrogens is 346 g/mol. The third-order valence-electron chi connectivity index (χ3n) is 4.38. The molecule has 0 saturated heterocycles. The fraction of sp³-hybridized carbons (Fsp3) is 0.409. The number of nitrogens with one attached hydrogen (secondary N) is 1. The number of para-hydroxylation sites is 1. The smallest absolute Gasteiger partial charge is 0.224 e. The summed E-state index contributed by atoms with van der Waals surface area (Å²) in [4.78, 5) is 11.8. The van der Waals surface area contributed by atoms with Crippen LogP contribution in [0.25, 0.3) is 0 Å². The third kappa shape index (κ3) is 7.92. The molecule has 0 unspecified atom stereocenters. The molecule has 1 N–H and O–H groups in total. The van der Waals surface area contributed by atoms with E-state index in [0.717, 1.165) is 18.0 Å². The van der Waals surface area contributed by atoms with Crippen LogP contribution in [-0.4, -0.2) is 12.5 Å². The summed E-state index contributed by atoms with van der Waals surface area (Å²) in [6, 6.07) is 17.0. The highest BCUT2D eigenvalue weighted by Crippen LogP contribution is 2.26. The maximum atomic E-state index is 11.8. The number of hydrogen-bond acceptors (Lipinski definition) is 2. The van der Waals surface area contributed by atoms with Crippen LogP contribution in [0.5, 0.6) is 5.75 Å². The fourth-order valence-corrected chi connectivity index (χ4v) is 3.21. The topological polar surface area (TPSA) is 38.3 Å². The van der Waals surface area contributed by atoms with E-state index in [0.29, 0.717) is 17.4 Å². The minimum Gasteiger partial charge on any atom is -0.494 e. The number of rotatable bonds is 5. The van der Waals surface area contributed by atoms with Gasteiger partial charge in [0.2, 0.25) is 5.91 Å². The van der Waals surface area contributed by atoms with E-state index in [9.17, 15) is 4.79 Å². The molecule has 140 valence electrons. The largest absolute Gasteiger partial charge is 0.494 e. The molecule has 1 amide bonds. The van der Waals surface area contributed by atoms with Crippen molar-refractivity contribution in [2.24, 2.45) is 5.92 Å². The van der Waals surface area contributed by atoms with E-state index in [2.05, 4.69) is 5.32 Å². The van der Waals surface area contributed by atoms with Crippen LogP contribution in [0.2, 0.25) is 5.02 Å². The van der Waals surface area contributed by atoms with Crippen molar-refractivity contribution in [2.75, 3.05) is 11.9 Å². The summed E-state index contributed by atoms with van der Waals surface area (Å²) in [6.45, 7) is 2.72. The van der Waals surface area contributed by atoms with Crippen LogP contribution < -0.4 is 10.1 Å². The Morgan fingerprint density at radius 1 is 1.04 bits per heavy atom. The predicted octanol–water partition coefficient (Wildman–Crippen LogP) is 6.33. The molecule has 0 bridgehead atoms. The minimum atomic E-state index is 0.124. The number of benzene rings is 2. The maximum Gasteiger partial charge on any atom is 0.224 e. The van der Waals surface area contributed by atoms with Gasteiger partial charge in [-0.15, -0.1) is 0 Å². The van der Waals surface area contributed by atoms with Crippen LogP contribution in [0.3, 0.4) is 0 Å². The van der Waals surface area contributed by atoms with Crippen molar-refractivity contribution in [3.05, 3.63) is 59.6 Å². The Kier molecular flexibility index (Phi) is 9.05. The second-order valence-electron chi connectivity index (χ2n) is 6.51. The molecular formula is C22H28ClNO2. The lowest BCUT2D eigenvalue weighted by Gasteiger charge is -2.20. The molecule has 0 heterocycles. The van der Waals surface area contributed by atoms with Crippen molar-refractivity contribution < 1.29 is 9.53 Å². The standard InChI is InChI=1S/C14H18ClNO.C8H10O/c15-12-6-8-13(9-7-12)16-14(17)10-11-4-2-1-3-5-11;1-2-9-8-6-4-3-5-7-8/h6-9,11H,1-5,10H2,(H,16,17);3-7H,2H2,1H3. The number of carbonyl (C=O) groups is 1. The summed E-state index contributed by atoms with van der Waals surface area (Å²) >= 11 is 5.79. The van der Waals surface area contributed by atoms with E-state index >= 15 is 0 Å². The number of carbonyl (C=O) groups excluding carboxylic acids is 1. The quantitative estimate of drug-likeness (QED) is 0.664. The molecule has 1 aliphatic carbocycles. The molecule has 3 rings (SSSR count). The van der Waals surface area contributed by atoms with Crippen molar-refractivity contribution >= 4 is 23.2 Å². The normalized spacial score (nSPS) is 14.1. The van der Waals surface area contributed by atoms with Gasteiger partial charge in [0, 0.05) is 17.1 Å². The zero-order valence-corrected chi connectivity index (χ0v) is 16.2. The highest BCUT2D eigenvalue weighted by molar-refractivity contribution is 6.30. The zero-order valence-electron chi connectivity index (χ0n) is 15.4. The first kappa shape index (κ1) is 20.3. The lowest BCUT2D eigenvalue weighted by Crippen LogP contribution is -2.18. The minimum absolute atomic E-state index is 0.124. The van der Waals surface area contributed by atoms with Crippen molar-refractivity contribution in [1.82, 2.24) is 0 Å². The van der Waals surface area contributed by atoms with Crippen molar-refractivity contribution in [2.45, 2.75) is 45.4 Å². The van der Waals surface area contributed by atoms with Gasteiger partial charge in [-0.2, -0.15) is 0 Å². The van der Waals surface area contributed by atoms with E-state index in [1.165, 1.54) is 32.1 Å². The van der Waals surface area contributed by atoms with Gasteiger partial charge in [0.25, 0.3) is 0 Å². The summed E-state index contributed by atoms with van der Waals surface area (Å²) in [5, 5.41) is 3.61. The van der Waals surface area contributed by atoms with Gasteiger partial charge in [-0.25, -0.2) is 0 Å². The highest BCUT2D eigenvalue weighted by Gasteiger charge is 2.16. The summed E-state index contributed by atoms with van der Waals surface area (Å²) in [5.74, 6) is 1.65. The summed E-state index contributed by atoms with van der Waals surface area (Å²) in [5.41, 5.74) is 0.829. The first-order chi connectivity index (χ1) is 12.7. The van der Waals surface area contributed by atoms with E-state index in [1.54, 1.807) is 12.1 Å². The second kappa shape index (κ2) is 11.6. The Labute approximate surface area is 161 Å². The highest BCUT2D eigenvalue weighted by atomic mass is 35.5. The molecule has 1 aliphatic rings. The van der Waals surface area contributed by atoms with Gasteiger partial charge in [0.1, 0.15) is 5.75 Å². The average molecular weight is 374 g/mol. The molecule has 1 fully saturated rings. The molecule has 3 nitrogen and oxygen atoms in total. The number of amides is 1. The van der Waals surface area contributed by atoms with Gasteiger partial charge < -0.3 is 10.1 Å². The average Bonchev–Trinajstić information content (AvgIpc) is 2.66. The molecule has 2 aromatic rings. The second-order valence-corrected chi connectivity index (χ2v) is 6.95. The molecule has 0 spiro atoms. The Hall–Kier alpha value is -2.00. The van der Waals surface area contributed by atoms with Crippen molar-refractivity contribution in [1.29, 1.82) is 0 Å². The molecule has 2 aromatic carbocycles. The van der Waals surface area contributed by atoms with Crippen LogP contribution in [0.1, 0.15) is 45.4 Å². The van der Waals surface area contributed by atoms with Gasteiger partial charge in [-0.05, 0) is 62.1 Å². The SMILES string of the molecule is CCOc1ccccc1.O=C(CC1CCCCC1)Nc1ccc(Cl)cc1. The third-order valence-corrected chi connectivity index (χ3v) is 4.63. The van der Waals surface area contributed by atoms with E-state index in [-0.39, 0.29) is 5.91 Å². The van der Waals surface area contributed by atoms with Crippen LogP contribution in [0, 0.1) is 5.92 Å². The number of hydrogen-bond donors (Lipinski definition) is 1. The molecule has 1 saturated carbocycles. The molecule has 26 heavy (non-hydrogen) atoms. The van der Waals surface area contributed by atoms with Gasteiger partial charge in [-0.3, -0.25) is 4.79 Å². The molecule has 4 heteroatoms. The first-order valence-electron chi connectivity index (χ1n) is 9.40. The Morgan fingerprint density at radius 3 is 2.31 bits per heavy atom. The lowest BCUT2D eigenvalue weighted by molar-refractivity contribution is -0.117. The Morgan fingerprint density at radius 2 is 1.69 bits per heavy atom. The van der Waals surface area contributed by atoms with Gasteiger partial charge >= 0.3 is 0 Å². The number of halogens is 1. The van der Waals surface area contributed by atoms with Crippen LogP contribution in [-0.2, 0) is 4.79 Å². The van der Waals surface area contributed by atoms with Crippen LogP contribution in [0.4, 0.5) is 5.69 Å². The Bertz CT molecular complexity index is 637. The van der Waals surface area contributed by atoms with E-state index in [4.69, 9.17) is 16.3 Å². The van der Waals surface area contributed by atoms with Gasteiger partial charge in [-0.1, -0.05) is 49.1 Å². The molecule has 0 radical (unpaired) electrons. The van der Waals surface area contributed by atoms with E-state index < -0.39 is 0 Å². The van der Waals surface area contributed by atoms with E-state index in [1.807, 2.05) is 49.4 Å². The van der Waals surface area contributed by atoms with Crippen molar-refractivity contribution in [3.8, 4) is 5.75 Å². The maximum absolute atomic E-state index is 11.8. The van der Waals surface area contributed by atoms with Gasteiger partial charge in [0.05, 0.1) is 6.61 Å². The Balaban J connectivity index is 0.000000228.